The third kappa shape index (κ3) is 6.11. The lowest BCUT2D eigenvalue weighted by Crippen LogP contribution is -2.27. The maximum atomic E-state index is 13.8. The smallest absolute Gasteiger partial charge is 0.269 e. The molecule has 0 saturated carbocycles. The summed E-state index contributed by atoms with van der Waals surface area (Å²) in [7, 11) is 1.63. The number of benzene rings is 3. The summed E-state index contributed by atoms with van der Waals surface area (Å²) in [6.07, 6.45) is 8.96. The molecule has 1 aliphatic carbocycles. The van der Waals surface area contributed by atoms with Crippen molar-refractivity contribution in [2.75, 3.05) is 12.8 Å². The zero-order valence-electron chi connectivity index (χ0n) is 29.1. The maximum absolute atomic E-state index is 13.8. The summed E-state index contributed by atoms with van der Waals surface area (Å²) in [5.74, 6) is 2.76. The number of nitrogens with zero attached hydrogens (tertiary/aromatic N) is 6. The number of ether oxygens (including phenoxy) is 4. The van der Waals surface area contributed by atoms with Crippen molar-refractivity contribution in [2.24, 2.45) is 0 Å². The van der Waals surface area contributed by atoms with Gasteiger partial charge in [-0.2, -0.15) is 5.10 Å². The molecule has 54 heavy (non-hydrogen) atoms. The maximum Gasteiger partial charge on any atom is 0.269 e. The molecule has 1 amide bonds. The van der Waals surface area contributed by atoms with Gasteiger partial charge in [0.25, 0.3) is 12.2 Å². The van der Waals surface area contributed by atoms with Crippen molar-refractivity contribution in [3.63, 3.8) is 0 Å². The Morgan fingerprint density at radius 3 is 2.61 bits per heavy atom. The van der Waals surface area contributed by atoms with Crippen LogP contribution in [0, 0.1) is 0 Å². The van der Waals surface area contributed by atoms with Gasteiger partial charge in [-0.3, -0.25) is 9.36 Å². The molecule has 0 radical (unpaired) electrons. The van der Waals surface area contributed by atoms with Crippen LogP contribution in [0.4, 0.5) is 5.82 Å². The van der Waals surface area contributed by atoms with E-state index >= 15 is 0 Å². The molecule has 9 rings (SSSR count). The van der Waals surface area contributed by atoms with Gasteiger partial charge in [0.2, 0.25) is 0 Å². The van der Waals surface area contributed by atoms with E-state index in [1.54, 1.807) is 42.4 Å². The molecule has 0 fully saturated rings. The molecule has 1 atom stereocenters. The van der Waals surface area contributed by atoms with E-state index in [1.807, 2.05) is 71.4 Å². The second-order valence-corrected chi connectivity index (χ2v) is 12.9. The number of nitrogens with one attached hydrogen (secondary N) is 1. The van der Waals surface area contributed by atoms with Crippen molar-refractivity contribution in [3.8, 4) is 34.4 Å². The first kappa shape index (κ1) is 32.7. The molecule has 2 aliphatic rings. The Morgan fingerprint density at radius 2 is 1.81 bits per heavy atom. The van der Waals surface area contributed by atoms with Gasteiger partial charge >= 0.3 is 0 Å². The van der Waals surface area contributed by atoms with Crippen molar-refractivity contribution in [2.45, 2.75) is 31.8 Å². The van der Waals surface area contributed by atoms with E-state index in [1.165, 1.54) is 12.5 Å². The summed E-state index contributed by atoms with van der Waals surface area (Å²) in [5.41, 5.74) is 13.5. The van der Waals surface area contributed by atoms with E-state index in [2.05, 4.69) is 27.5 Å². The van der Waals surface area contributed by atoms with Gasteiger partial charge in [-0.05, 0) is 102 Å². The van der Waals surface area contributed by atoms with Crippen LogP contribution in [-0.4, -0.2) is 42.3 Å². The molecule has 0 saturated heterocycles. The van der Waals surface area contributed by atoms with Crippen LogP contribution in [0.5, 0.6) is 11.5 Å². The van der Waals surface area contributed by atoms with Crippen LogP contribution >= 0.6 is 0 Å². The van der Waals surface area contributed by atoms with Gasteiger partial charge in [0.1, 0.15) is 42.0 Å². The van der Waals surface area contributed by atoms with Crippen LogP contribution in [0.25, 0.3) is 34.1 Å². The normalized spacial score (nSPS) is 14.8. The average Bonchev–Trinajstić information content (AvgIpc) is 4.05. The van der Waals surface area contributed by atoms with Crippen LogP contribution < -0.4 is 20.5 Å². The van der Waals surface area contributed by atoms with Gasteiger partial charge < -0.3 is 30.0 Å². The number of hydrogen-bond donors (Lipinski definition) is 2. The number of imidazole rings is 1. The van der Waals surface area contributed by atoms with Crippen LogP contribution in [0.3, 0.4) is 0 Å². The Morgan fingerprint density at radius 1 is 0.944 bits per heavy atom. The second-order valence-electron chi connectivity index (χ2n) is 12.9. The number of amides is 1. The number of rotatable bonds is 10. The summed E-state index contributed by atoms with van der Waals surface area (Å²) in [6, 6.07) is 28.4. The number of methoxy groups -OCH3 is 1. The van der Waals surface area contributed by atoms with E-state index in [-0.39, 0.29) is 11.9 Å². The highest BCUT2D eigenvalue weighted by Crippen LogP contribution is 2.37. The standard InChI is InChI=1S/C41H34N8O5/c1-51-29-10-5-25(6-11-29)24-54-35-15-8-27(23-32(35)41-52-20-21-53-41)40(50)46-33-13-7-26-22-28(9-12-30(26)33)49-38(31-4-2-17-43-37(31)42)45-34-14-16-36(47-39(34)49)48-19-3-18-44-48/h2-6,8-12,14-23,33,41H,7,13,24H2,1H3,(H2,42,43)(H,46,50)/t33-/m0/s1. The van der Waals surface area contributed by atoms with Crippen LogP contribution in [0.15, 0.2) is 122 Å². The first-order chi connectivity index (χ1) is 26.5. The second kappa shape index (κ2) is 13.8. The highest BCUT2D eigenvalue weighted by Gasteiger charge is 2.28. The van der Waals surface area contributed by atoms with E-state index in [0.717, 1.165) is 41.0 Å². The minimum atomic E-state index is -0.731. The van der Waals surface area contributed by atoms with Crippen LogP contribution in [-0.2, 0) is 22.5 Å². The van der Waals surface area contributed by atoms with E-state index < -0.39 is 6.29 Å². The minimum Gasteiger partial charge on any atom is -0.497 e. The number of anilines is 1. The Bertz CT molecular complexity index is 2520. The Kier molecular flexibility index (Phi) is 8.35. The fourth-order valence-corrected chi connectivity index (χ4v) is 6.92. The van der Waals surface area contributed by atoms with Crippen molar-refractivity contribution in [3.05, 3.63) is 150 Å². The number of hydrogen-bond acceptors (Lipinski definition) is 10. The highest BCUT2D eigenvalue weighted by atomic mass is 16.7. The Labute approximate surface area is 309 Å². The van der Waals surface area contributed by atoms with Gasteiger partial charge in [-0.15, -0.1) is 0 Å². The van der Waals surface area contributed by atoms with E-state index in [0.29, 0.717) is 57.7 Å². The summed E-state index contributed by atoms with van der Waals surface area (Å²) in [5, 5.41) is 7.62. The molecule has 0 bridgehead atoms. The molecule has 0 unspecified atom stereocenters. The average molecular weight is 719 g/mol. The first-order valence-corrected chi connectivity index (χ1v) is 17.4. The molecule has 7 aromatic rings. The first-order valence-electron chi connectivity index (χ1n) is 17.4. The molecule has 13 heteroatoms. The number of pyridine rings is 2. The molecule has 1 aliphatic heterocycles. The third-order valence-corrected chi connectivity index (χ3v) is 9.62. The summed E-state index contributed by atoms with van der Waals surface area (Å²) >= 11 is 0. The zero-order valence-corrected chi connectivity index (χ0v) is 29.1. The molecule has 0 spiro atoms. The number of carbonyl (C=O) groups excluding carboxylic acids is 1. The zero-order chi connectivity index (χ0) is 36.6. The third-order valence-electron chi connectivity index (χ3n) is 9.62. The number of fused-ring (bicyclic) bond motifs is 2. The van der Waals surface area contributed by atoms with Gasteiger partial charge in [0.05, 0.1) is 24.3 Å². The molecular weight excluding hydrogens is 685 g/mol. The van der Waals surface area contributed by atoms with Gasteiger partial charge in [-0.25, -0.2) is 19.6 Å². The SMILES string of the molecule is COc1ccc(COc2ccc(C(=O)N[C@H]3CCc4cc(-n5c(-c6cccnc6N)nc6ccc(-n7cccn7)nc65)ccc43)cc2C2OC=CO2)cc1. The Balaban J connectivity index is 0.993. The Hall–Kier alpha value is -7.15. The highest BCUT2D eigenvalue weighted by molar-refractivity contribution is 5.95. The predicted octanol–water partition coefficient (Wildman–Crippen LogP) is 6.77. The number of aryl methyl sites for hydroxylation is 1. The molecule has 268 valence electrons. The molecule has 4 aromatic heterocycles. The molecule has 5 heterocycles. The number of nitrogen functional groups attached to an aromatic ring is 1. The minimum absolute atomic E-state index is 0.186. The number of aromatic nitrogens is 6. The van der Waals surface area contributed by atoms with E-state index in [4.69, 9.17) is 34.6 Å². The lowest BCUT2D eigenvalue weighted by atomic mass is 10.1. The lowest BCUT2D eigenvalue weighted by Gasteiger charge is -2.19. The molecular formula is C41H34N8O5. The van der Waals surface area contributed by atoms with E-state index in [9.17, 15) is 4.79 Å². The topological polar surface area (TPSA) is 153 Å². The fraction of sp³-hybridized carbons (Fsp3) is 0.146. The number of nitrogens with two attached hydrogens (primary N) is 1. The van der Waals surface area contributed by atoms with Crippen molar-refractivity contribution in [1.29, 1.82) is 0 Å². The molecule has 3 N–H and O–H groups in total. The fourth-order valence-electron chi connectivity index (χ4n) is 6.92. The summed E-state index contributed by atoms with van der Waals surface area (Å²) in [4.78, 5) is 28.0. The van der Waals surface area contributed by atoms with Crippen molar-refractivity contribution >= 4 is 22.9 Å². The molecule has 3 aromatic carbocycles. The summed E-state index contributed by atoms with van der Waals surface area (Å²) < 4.78 is 26.5. The lowest BCUT2D eigenvalue weighted by molar-refractivity contribution is -0.0266. The van der Waals surface area contributed by atoms with Crippen LogP contribution in [0.2, 0.25) is 0 Å². The quantitative estimate of drug-likeness (QED) is 0.155. The molecule has 13 nitrogen and oxygen atoms in total. The monoisotopic (exact) mass is 718 g/mol. The van der Waals surface area contributed by atoms with Crippen molar-refractivity contribution in [1.82, 2.24) is 34.6 Å². The van der Waals surface area contributed by atoms with Gasteiger partial charge in [-0.1, -0.05) is 18.2 Å². The van der Waals surface area contributed by atoms with Gasteiger partial charge in [0.15, 0.2) is 17.3 Å². The van der Waals surface area contributed by atoms with Gasteiger partial charge in [0, 0.05) is 29.8 Å². The van der Waals surface area contributed by atoms with Crippen LogP contribution in [0.1, 0.15) is 51.4 Å². The summed E-state index contributed by atoms with van der Waals surface area (Å²) in [6.45, 7) is 0.317. The van der Waals surface area contributed by atoms with Crippen molar-refractivity contribution < 1.29 is 23.7 Å². The predicted molar refractivity (Wildman–Crippen MR) is 200 cm³/mol. The largest absolute Gasteiger partial charge is 0.497 e. The number of carbonyl (C=O) groups is 1.